The van der Waals surface area contributed by atoms with Crippen molar-refractivity contribution in [3.05, 3.63) is 95.1 Å². The first-order valence-corrected chi connectivity index (χ1v) is 15.2. The monoisotopic (exact) mass is 670 g/mol. The largest absolute Gasteiger partial charge is 0.508 e. The van der Waals surface area contributed by atoms with E-state index in [2.05, 4.69) is 20.5 Å². The number of carbonyl (C=O) groups excluding carboxylic acids is 2. The van der Waals surface area contributed by atoms with Gasteiger partial charge in [-0.2, -0.15) is 0 Å². The topological polar surface area (TPSA) is 189 Å². The molecule has 14 nitrogen and oxygen atoms in total. The molecule has 4 N–H and O–H groups in total. The van der Waals surface area contributed by atoms with Gasteiger partial charge in [-0.1, -0.05) is 12.1 Å². The third-order valence-corrected chi connectivity index (χ3v) is 6.96. The van der Waals surface area contributed by atoms with Crippen molar-refractivity contribution in [2.24, 2.45) is 20.5 Å². The lowest BCUT2D eigenvalue weighted by Crippen LogP contribution is -2.20. The summed E-state index contributed by atoms with van der Waals surface area (Å²) in [5.74, 6) is -2.08. The molecule has 0 saturated carbocycles. The molecule has 0 aliphatic carbocycles. The lowest BCUT2D eigenvalue weighted by Gasteiger charge is -2.13. The standard InChI is InChI=1S/C35H38N6O8/c1-40(2)13-15-48-34(46)26-18-22(5-9-28(26)36-38-30-11-7-24(42)20-32(30)44)17-23-6-10-29(27(19-23)35(47)49-16-14-41(3)4)37-39-31-12-8-25(43)21-33(31)45/h5-12,18-21,42-45H,13-17H2,1-4H3. The van der Waals surface area contributed by atoms with E-state index >= 15 is 0 Å². The molecule has 256 valence electrons. The zero-order valence-electron chi connectivity index (χ0n) is 27.6. The molecule has 4 rings (SSSR count). The fourth-order valence-corrected chi connectivity index (χ4v) is 4.33. The molecule has 0 fully saturated rings. The van der Waals surface area contributed by atoms with Gasteiger partial charge in [0.1, 0.15) is 59.0 Å². The van der Waals surface area contributed by atoms with Crippen LogP contribution in [0.2, 0.25) is 0 Å². The van der Waals surface area contributed by atoms with Crippen LogP contribution in [0.5, 0.6) is 23.0 Å². The second kappa shape index (κ2) is 16.8. The van der Waals surface area contributed by atoms with E-state index in [1.54, 1.807) is 36.4 Å². The molecule has 0 unspecified atom stereocenters. The third-order valence-electron chi connectivity index (χ3n) is 6.96. The summed E-state index contributed by atoms with van der Waals surface area (Å²) >= 11 is 0. The van der Waals surface area contributed by atoms with E-state index in [1.807, 2.05) is 38.0 Å². The lowest BCUT2D eigenvalue weighted by atomic mass is 9.99. The first-order chi connectivity index (χ1) is 23.4. The van der Waals surface area contributed by atoms with E-state index in [0.29, 0.717) is 30.6 Å². The molecule has 0 aliphatic heterocycles. The van der Waals surface area contributed by atoms with Crippen LogP contribution in [-0.4, -0.2) is 96.7 Å². The van der Waals surface area contributed by atoms with Crippen LogP contribution < -0.4 is 0 Å². The molecule has 4 aromatic rings. The van der Waals surface area contributed by atoms with Crippen molar-refractivity contribution in [3.63, 3.8) is 0 Å². The summed E-state index contributed by atoms with van der Waals surface area (Å²) in [4.78, 5) is 30.1. The van der Waals surface area contributed by atoms with Gasteiger partial charge in [-0.3, -0.25) is 0 Å². The fraction of sp³-hybridized carbons (Fsp3) is 0.257. The molecular formula is C35H38N6O8. The first-order valence-electron chi connectivity index (χ1n) is 15.2. The zero-order valence-corrected chi connectivity index (χ0v) is 27.6. The number of likely N-dealkylation sites (N-methyl/N-ethyl adjacent to an activating group) is 2. The van der Waals surface area contributed by atoms with Crippen molar-refractivity contribution < 1.29 is 39.5 Å². The molecule has 0 saturated heterocycles. The Morgan fingerprint density at radius 1 is 0.551 bits per heavy atom. The minimum Gasteiger partial charge on any atom is -0.508 e. The maximum atomic E-state index is 13.2. The Balaban J connectivity index is 1.66. The Hall–Kier alpha value is -5.86. The Bertz CT molecular complexity index is 1730. The van der Waals surface area contributed by atoms with E-state index < -0.39 is 11.9 Å². The number of ether oxygens (including phenoxy) is 2. The molecule has 0 atom stereocenters. The number of phenolic OH excluding ortho intramolecular Hbond substituents is 4. The van der Waals surface area contributed by atoms with Crippen LogP contribution in [0.4, 0.5) is 22.7 Å². The van der Waals surface area contributed by atoms with Gasteiger partial charge < -0.3 is 39.7 Å². The number of nitrogens with zero attached hydrogens (tertiary/aromatic N) is 6. The summed E-state index contributed by atoms with van der Waals surface area (Å²) in [6.45, 7) is 1.30. The van der Waals surface area contributed by atoms with Gasteiger partial charge in [-0.25, -0.2) is 9.59 Å². The number of rotatable bonds is 14. The van der Waals surface area contributed by atoms with E-state index in [9.17, 15) is 30.0 Å². The maximum absolute atomic E-state index is 13.2. The SMILES string of the molecule is CN(C)CCOC(=O)c1cc(Cc2ccc(N=Nc3ccc(O)cc3O)c(C(=O)OCCN(C)C)c2)ccc1N=Nc1ccc(O)cc1O. The second-order valence-corrected chi connectivity index (χ2v) is 11.5. The van der Waals surface area contributed by atoms with Gasteiger partial charge in [0, 0.05) is 25.2 Å². The maximum Gasteiger partial charge on any atom is 0.340 e. The number of azo groups is 2. The van der Waals surface area contributed by atoms with Gasteiger partial charge in [0.05, 0.1) is 11.1 Å². The molecule has 0 bridgehead atoms. The summed E-state index contributed by atoms with van der Waals surface area (Å²) in [5.41, 5.74) is 2.26. The van der Waals surface area contributed by atoms with Crippen LogP contribution in [0.1, 0.15) is 31.8 Å². The van der Waals surface area contributed by atoms with Gasteiger partial charge in [0.2, 0.25) is 0 Å². The summed E-state index contributed by atoms with van der Waals surface area (Å²) in [7, 11) is 7.42. The molecule has 0 aliphatic rings. The smallest absolute Gasteiger partial charge is 0.340 e. The van der Waals surface area contributed by atoms with E-state index in [-0.39, 0.29) is 70.1 Å². The number of esters is 2. The highest BCUT2D eigenvalue weighted by Crippen LogP contribution is 2.34. The minimum atomic E-state index is -0.619. The average molecular weight is 671 g/mol. The van der Waals surface area contributed by atoms with Crippen molar-refractivity contribution in [1.82, 2.24) is 9.80 Å². The number of phenols is 4. The van der Waals surface area contributed by atoms with E-state index in [4.69, 9.17) is 9.47 Å². The Morgan fingerprint density at radius 2 is 0.918 bits per heavy atom. The Morgan fingerprint density at radius 3 is 1.29 bits per heavy atom. The van der Waals surface area contributed by atoms with Gasteiger partial charge in [0.15, 0.2) is 0 Å². The molecule has 0 heterocycles. The number of hydrogen-bond acceptors (Lipinski definition) is 14. The number of carbonyl (C=O) groups is 2. The molecule has 0 radical (unpaired) electrons. The predicted molar refractivity (Wildman–Crippen MR) is 181 cm³/mol. The van der Waals surface area contributed by atoms with Crippen LogP contribution in [0.3, 0.4) is 0 Å². The molecular weight excluding hydrogens is 632 g/mol. The van der Waals surface area contributed by atoms with Gasteiger partial charge in [0.25, 0.3) is 0 Å². The summed E-state index contributed by atoms with van der Waals surface area (Å²) in [6.07, 6.45) is 0.294. The first kappa shape index (κ1) is 36.0. The number of hydrogen-bond donors (Lipinski definition) is 4. The highest BCUT2D eigenvalue weighted by atomic mass is 16.5. The Kier molecular flexibility index (Phi) is 12.3. The second-order valence-electron chi connectivity index (χ2n) is 11.5. The van der Waals surface area contributed by atoms with Crippen LogP contribution in [-0.2, 0) is 15.9 Å². The van der Waals surface area contributed by atoms with Gasteiger partial charge in [-0.15, -0.1) is 20.5 Å². The summed E-state index contributed by atoms with van der Waals surface area (Å²) in [6, 6.07) is 17.7. The number of aromatic hydroxyl groups is 4. The fourth-order valence-electron chi connectivity index (χ4n) is 4.33. The third kappa shape index (κ3) is 10.6. The van der Waals surface area contributed by atoms with Crippen molar-refractivity contribution in [1.29, 1.82) is 0 Å². The Labute approximate surface area is 283 Å². The van der Waals surface area contributed by atoms with Gasteiger partial charge in [-0.05, 0) is 94.3 Å². The van der Waals surface area contributed by atoms with Crippen LogP contribution in [0.15, 0.2) is 93.3 Å². The minimum absolute atomic E-state index is 0.0941. The predicted octanol–water partition coefficient (Wildman–Crippen LogP) is 6.37. The molecule has 49 heavy (non-hydrogen) atoms. The molecule has 0 spiro atoms. The number of benzene rings is 4. The molecule has 14 heteroatoms. The van der Waals surface area contributed by atoms with Crippen molar-refractivity contribution in [3.8, 4) is 23.0 Å². The molecule has 4 aromatic carbocycles. The lowest BCUT2D eigenvalue weighted by molar-refractivity contribution is 0.0473. The van der Waals surface area contributed by atoms with Crippen LogP contribution >= 0.6 is 0 Å². The molecule has 0 amide bonds. The highest BCUT2D eigenvalue weighted by molar-refractivity contribution is 5.96. The summed E-state index contributed by atoms with van der Waals surface area (Å²) in [5, 5.41) is 55.8. The van der Waals surface area contributed by atoms with Gasteiger partial charge >= 0.3 is 11.9 Å². The van der Waals surface area contributed by atoms with E-state index in [0.717, 1.165) is 12.1 Å². The van der Waals surface area contributed by atoms with Crippen molar-refractivity contribution in [2.45, 2.75) is 6.42 Å². The normalized spacial score (nSPS) is 11.6. The summed E-state index contributed by atoms with van der Waals surface area (Å²) < 4.78 is 11.0. The zero-order chi connectivity index (χ0) is 35.5. The quantitative estimate of drug-likeness (QED) is 0.0867. The van der Waals surface area contributed by atoms with E-state index in [1.165, 1.54) is 24.3 Å². The average Bonchev–Trinajstić information content (AvgIpc) is 3.04. The highest BCUT2D eigenvalue weighted by Gasteiger charge is 2.18. The van der Waals surface area contributed by atoms with Crippen LogP contribution in [0, 0.1) is 0 Å². The molecule has 0 aromatic heterocycles. The van der Waals surface area contributed by atoms with Crippen molar-refractivity contribution in [2.75, 3.05) is 54.5 Å². The van der Waals surface area contributed by atoms with Crippen LogP contribution in [0.25, 0.3) is 0 Å². The van der Waals surface area contributed by atoms with Crippen molar-refractivity contribution >= 4 is 34.7 Å².